The number of thiazole rings is 1. The minimum atomic E-state index is -0.865. The predicted molar refractivity (Wildman–Crippen MR) is 69.1 cm³/mol. The molecule has 0 radical (unpaired) electrons. The fraction of sp³-hybridized carbons (Fsp3) is 0.667. The van der Waals surface area contributed by atoms with Gasteiger partial charge in [0.25, 0.3) is 0 Å². The Morgan fingerprint density at radius 3 is 2.94 bits per heavy atom. The van der Waals surface area contributed by atoms with E-state index in [1.807, 2.05) is 0 Å². The molecule has 1 aromatic heterocycles. The van der Waals surface area contributed by atoms with Crippen LogP contribution in [0.15, 0.2) is 0 Å². The van der Waals surface area contributed by atoms with Crippen molar-refractivity contribution in [2.75, 3.05) is 11.4 Å². The lowest BCUT2D eigenvalue weighted by atomic mass is 10.0. The smallest absolute Gasteiger partial charge is 0.347 e. The lowest BCUT2D eigenvalue weighted by molar-refractivity contribution is 0.0701. The van der Waals surface area contributed by atoms with Crippen molar-refractivity contribution >= 4 is 22.4 Å². The molecule has 1 N–H and O–H groups in total. The summed E-state index contributed by atoms with van der Waals surface area (Å²) in [6, 6.07) is 0.524. The zero-order chi connectivity index (χ0) is 12.4. The average Bonchev–Trinajstić information content (AvgIpc) is 2.71. The van der Waals surface area contributed by atoms with Gasteiger partial charge in [0.1, 0.15) is 4.88 Å². The maximum Gasteiger partial charge on any atom is 0.347 e. The van der Waals surface area contributed by atoms with Crippen molar-refractivity contribution in [2.24, 2.45) is 0 Å². The molecule has 0 aliphatic carbocycles. The molecule has 0 aromatic carbocycles. The van der Waals surface area contributed by atoms with Gasteiger partial charge >= 0.3 is 5.97 Å². The average molecular weight is 254 g/mol. The summed E-state index contributed by atoms with van der Waals surface area (Å²) in [5.74, 6) is -0.865. The first-order valence-electron chi connectivity index (χ1n) is 6.10. The molecular weight excluding hydrogens is 236 g/mol. The van der Waals surface area contributed by atoms with Gasteiger partial charge in [0.05, 0.1) is 5.69 Å². The van der Waals surface area contributed by atoms with Crippen LogP contribution in [-0.4, -0.2) is 28.6 Å². The molecule has 0 spiro atoms. The summed E-state index contributed by atoms with van der Waals surface area (Å²) in [5.41, 5.74) is 0.637. The number of nitrogens with zero attached hydrogens (tertiary/aromatic N) is 2. The van der Waals surface area contributed by atoms with Gasteiger partial charge in [-0.3, -0.25) is 0 Å². The number of carboxylic acids is 1. The van der Waals surface area contributed by atoms with Crippen LogP contribution < -0.4 is 4.90 Å². The topological polar surface area (TPSA) is 53.4 Å². The Balaban J connectivity index is 2.26. The number of carbonyl (C=O) groups is 1. The van der Waals surface area contributed by atoms with Crippen LogP contribution in [0.25, 0.3) is 0 Å². The van der Waals surface area contributed by atoms with Crippen molar-refractivity contribution in [1.82, 2.24) is 4.98 Å². The van der Waals surface area contributed by atoms with Crippen LogP contribution in [0.5, 0.6) is 0 Å². The quantitative estimate of drug-likeness (QED) is 0.901. The van der Waals surface area contributed by atoms with E-state index in [-0.39, 0.29) is 0 Å². The summed E-state index contributed by atoms with van der Waals surface area (Å²) in [4.78, 5) is 18.1. The monoisotopic (exact) mass is 254 g/mol. The highest BCUT2D eigenvalue weighted by atomic mass is 32.1. The van der Waals surface area contributed by atoms with E-state index in [2.05, 4.69) is 16.8 Å². The van der Waals surface area contributed by atoms with E-state index >= 15 is 0 Å². The molecule has 0 amide bonds. The van der Waals surface area contributed by atoms with Crippen molar-refractivity contribution in [3.63, 3.8) is 0 Å². The minimum absolute atomic E-state index is 0.375. The molecule has 94 valence electrons. The second kappa shape index (κ2) is 5.04. The van der Waals surface area contributed by atoms with E-state index in [4.69, 9.17) is 5.11 Å². The van der Waals surface area contributed by atoms with Gasteiger partial charge in [-0.2, -0.15) is 0 Å². The first-order valence-corrected chi connectivity index (χ1v) is 6.92. The number of rotatable bonds is 3. The number of carboxylic acid groups (broad SMARTS) is 1. The van der Waals surface area contributed by atoms with E-state index in [1.165, 1.54) is 30.6 Å². The van der Waals surface area contributed by atoms with Gasteiger partial charge in [-0.1, -0.05) is 18.3 Å². The molecule has 1 aliphatic heterocycles. The Morgan fingerprint density at radius 2 is 2.35 bits per heavy atom. The first-order chi connectivity index (χ1) is 8.13. The van der Waals surface area contributed by atoms with Gasteiger partial charge in [-0.25, -0.2) is 9.78 Å². The normalized spacial score (nSPS) is 20.6. The maximum absolute atomic E-state index is 11.0. The molecule has 0 saturated carbocycles. The molecule has 1 saturated heterocycles. The fourth-order valence-electron chi connectivity index (χ4n) is 2.38. The Morgan fingerprint density at radius 1 is 1.59 bits per heavy atom. The summed E-state index contributed by atoms with van der Waals surface area (Å²) < 4.78 is 0. The lowest BCUT2D eigenvalue weighted by Gasteiger charge is -2.34. The van der Waals surface area contributed by atoms with E-state index in [1.54, 1.807) is 6.92 Å². The van der Waals surface area contributed by atoms with Gasteiger partial charge < -0.3 is 10.0 Å². The maximum atomic E-state index is 11.0. The minimum Gasteiger partial charge on any atom is -0.477 e. The van der Waals surface area contributed by atoms with Crippen molar-refractivity contribution in [3.8, 4) is 0 Å². The number of aryl methyl sites for hydroxylation is 1. The zero-order valence-corrected chi connectivity index (χ0v) is 11.1. The third-order valence-corrected chi connectivity index (χ3v) is 4.51. The van der Waals surface area contributed by atoms with Crippen LogP contribution in [-0.2, 0) is 0 Å². The Bertz CT molecular complexity index is 417. The van der Waals surface area contributed by atoms with E-state index < -0.39 is 5.97 Å². The first kappa shape index (κ1) is 12.4. The molecule has 1 fully saturated rings. The zero-order valence-electron chi connectivity index (χ0n) is 10.3. The highest BCUT2D eigenvalue weighted by molar-refractivity contribution is 7.17. The van der Waals surface area contributed by atoms with Crippen molar-refractivity contribution < 1.29 is 9.90 Å². The second-order valence-corrected chi connectivity index (χ2v) is 5.44. The van der Waals surface area contributed by atoms with E-state index in [0.29, 0.717) is 16.6 Å². The number of anilines is 1. The molecule has 4 nitrogen and oxygen atoms in total. The van der Waals surface area contributed by atoms with Crippen LogP contribution in [0, 0.1) is 6.92 Å². The molecular formula is C12H18N2O2S. The number of hydrogen-bond acceptors (Lipinski definition) is 4. The number of piperidine rings is 1. The van der Waals surface area contributed by atoms with Crippen LogP contribution in [0.2, 0.25) is 0 Å². The van der Waals surface area contributed by atoms with Crippen LogP contribution in [0.3, 0.4) is 0 Å². The molecule has 1 unspecified atom stereocenters. The predicted octanol–water partition coefficient (Wildman–Crippen LogP) is 2.92. The van der Waals surface area contributed by atoms with Gasteiger partial charge in [-0.15, -0.1) is 0 Å². The van der Waals surface area contributed by atoms with E-state index in [9.17, 15) is 4.79 Å². The molecule has 1 aromatic rings. The van der Waals surface area contributed by atoms with Gasteiger partial charge in [0.2, 0.25) is 0 Å². The second-order valence-electron chi connectivity index (χ2n) is 4.47. The molecule has 17 heavy (non-hydrogen) atoms. The van der Waals surface area contributed by atoms with Crippen molar-refractivity contribution in [1.29, 1.82) is 0 Å². The lowest BCUT2D eigenvalue weighted by Crippen LogP contribution is -2.39. The summed E-state index contributed by atoms with van der Waals surface area (Å²) in [5, 5.41) is 9.93. The molecule has 2 heterocycles. The van der Waals surface area contributed by atoms with Crippen molar-refractivity contribution in [2.45, 2.75) is 45.6 Å². The van der Waals surface area contributed by atoms with Crippen LogP contribution in [0.4, 0.5) is 5.13 Å². The molecule has 2 rings (SSSR count). The molecule has 1 aliphatic rings. The highest BCUT2D eigenvalue weighted by Gasteiger charge is 2.25. The Hall–Kier alpha value is -1.10. The van der Waals surface area contributed by atoms with Gasteiger partial charge in [0, 0.05) is 12.6 Å². The molecule has 5 heteroatoms. The summed E-state index contributed by atoms with van der Waals surface area (Å²) in [6.45, 7) is 4.96. The molecule has 1 atom stereocenters. The third-order valence-electron chi connectivity index (χ3n) is 3.32. The van der Waals surface area contributed by atoms with Crippen LogP contribution >= 0.6 is 11.3 Å². The SMILES string of the molecule is CCC1CCCCN1c1nc(C)c(C(=O)O)s1. The number of aromatic carboxylic acids is 1. The highest BCUT2D eigenvalue weighted by Crippen LogP contribution is 2.31. The summed E-state index contributed by atoms with van der Waals surface area (Å²) in [6.07, 6.45) is 4.74. The van der Waals surface area contributed by atoms with Crippen molar-refractivity contribution in [3.05, 3.63) is 10.6 Å². The van der Waals surface area contributed by atoms with Gasteiger partial charge in [0.15, 0.2) is 5.13 Å². The van der Waals surface area contributed by atoms with E-state index in [0.717, 1.165) is 18.1 Å². The summed E-state index contributed by atoms with van der Waals surface area (Å²) >= 11 is 1.31. The Kier molecular flexibility index (Phi) is 3.66. The number of aromatic nitrogens is 1. The summed E-state index contributed by atoms with van der Waals surface area (Å²) in [7, 11) is 0. The largest absolute Gasteiger partial charge is 0.477 e. The van der Waals surface area contributed by atoms with Crippen LogP contribution in [0.1, 0.15) is 48.0 Å². The van der Waals surface area contributed by atoms with Gasteiger partial charge in [-0.05, 0) is 32.6 Å². The third kappa shape index (κ3) is 2.44. The molecule has 0 bridgehead atoms. The Labute approximate surface area is 105 Å². The fourth-order valence-corrected chi connectivity index (χ4v) is 3.38. The standard InChI is InChI=1S/C12H18N2O2S/c1-3-9-6-4-5-7-14(9)12-13-8(2)10(17-12)11(15)16/h9H,3-7H2,1-2H3,(H,15,16). The number of hydrogen-bond donors (Lipinski definition) is 1.